The van der Waals surface area contributed by atoms with Gasteiger partial charge in [-0.25, -0.2) is 13.1 Å². The fraction of sp³-hybridized carbons (Fsp3) is 0.476. The van der Waals surface area contributed by atoms with E-state index in [-0.39, 0.29) is 18.4 Å². The van der Waals surface area contributed by atoms with Gasteiger partial charge in [0.25, 0.3) is 0 Å². The lowest BCUT2D eigenvalue weighted by molar-refractivity contribution is -0.137. The van der Waals surface area contributed by atoms with Crippen molar-refractivity contribution in [2.75, 3.05) is 0 Å². The average Bonchev–Trinajstić information content (AvgIpc) is 2.64. The number of carboxylic acid groups (broad SMARTS) is 1. The summed E-state index contributed by atoms with van der Waals surface area (Å²) in [4.78, 5) is 10.5. The van der Waals surface area contributed by atoms with Crippen LogP contribution in [0.4, 0.5) is 0 Å². The summed E-state index contributed by atoms with van der Waals surface area (Å²) in [5.74, 6) is -0.483. The molecule has 2 N–H and O–H groups in total. The molecule has 1 aliphatic rings. The zero-order valence-corrected chi connectivity index (χ0v) is 16.4. The summed E-state index contributed by atoms with van der Waals surface area (Å²) < 4.78 is 27.7. The Hall–Kier alpha value is -1.92. The first-order valence-corrected chi connectivity index (χ1v) is 11.1. The number of nitrogens with one attached hydrogen (secondary N) is 1. The van der Waals surface area contributed by atoms with E-state index in [4.69, 9.17) is 5.11 Å². The number of unbranched alkanes of at least 4 members (excludes halogenated alkanes) is 1. The summed E-state index contributed by atoms with van der Waals surface area (Å²) in [6.07, 6.45) is 12.1. The molecule has 2 atom stereocenters. The molecule has 6 heteroatoms. The third-order valence-electron chi connectivity index (χ3n) is 4.83. The van der Waals surface area contributed by atoms with Crippen molar-refractivity contribution in [3.63, 3.8) is 0 Å². The number of hydrogen-bond donors (Lipinski definition) is 2. The number of carbonyl (C=O) groups is 1. The largest absolute Gasteiger partial charge is 0.481 e. The van der Waals surface area contributed by atoms with Gasteiger partial charge < -0.3 is 5.11 Å². The van der Waals surface area contributed by atoms with Crippen LogP contribution >= 0.6 is 0 Å². The first-order chi connectivity index (χ1) is 13.0. The zero-order chi connectivity index (χ0) is 19.5. The van der Waals surface area contributed by atoms with E-state index in [2.05, 4.69) is 10.8 Å². The Kier molecular flexibility index (Phi) is 8.75. The molecule has 0 amide bonds. The van der Waals surface area contributed by atoms with E-state index >= 15 is 0 Å². The van der Waals surface area contributed by atoms with Crippen LogP contribution in [0.25, 0.3) is 6.08 Å². The number of hydrogen-bond acceptors (Lipinski definition) is 3. The highest BCUT2D eigenvalue weighted by Gasteiger charge is 2.27. The Labute approximate surface area is 162 Å². The van der Waals surface area contributed by atoms with Gasteiger partial charge in [-0.05, 0) is 49.7 Å². The monoisotopic (exact) mass is 391 g/mol. The van der Waals surface area contributed by atoms with Gasteiger partial charge in [0.2, 0.25) is 10.0 Å². The highest BCUT2D eigenvalue weighted by Crippen LogP contribution is 2.28. The molecule has 27 heavy (non-hydrogen) atoms. The molecule has 0 heterocycles. The second-order valence-corrected chi connectivity index (χ2v) is 8.62. The Morgan fingerprint density at radius 1 is 1.15 bits per heavy atom. The van der Waals surface area contributed by atoms with Gasteiger partial charge in [-0.15, -0.1) is 0 Å². The standard InChI is InChI=1S/C21H29NO4S/c23-21(24)15-7-2-1-6-12-19-13-8-9-14-20(19)22-27(25,26)17-16-18-10-4-3-5-11-18/h1,3-6,10-11,16-17,19-20,22H,2,7-9,12-15H2,(H,23,24)/b6-1-,17-16+/t19-,20-/m0/s1. The van der Waals surface area contributed by atoms with Crippen molar-refractivity contribution in [1.29, 1.82) is 0 Å². The van der Waals surface area contributed by atoms with Crippen LogP contribution in [0.15, 0.2) is 47.9 Å². The van der Waals surface area contributed by atoms with Crippen LogP contribution in [0.3, 0.4) is 0 Å². The highest BCUT2D eigenvalue weighted by atomic mass is 32.2. The van der Waals surface area contributed by atoms with E-state index < -0.39 is 16.0 Å². The second kappa shape index (κ2) is 11.0. The Bertz CT molecular complexity index is 741. The highest BCUT2D eigenvalue weighted by molar-refractivity contribution is 7.92. The van der Waals surface area contributed by atoms with Crippen LogP contribution in [0.2, 0.25) is 0 Å². The first-order valence-electron chi connectivity index (χ1n) is 9.58. The summed E-state index contributed by atoms with van der Waals surface area (Å²) in [7, 11) is -3.48. The second-order valence-electron chi connectivity index (χ2n) is 7.02. The number of allylic oxidation sites excluding steroid dienone is 2. The minimum atomic E-state index is -3.48. The minimum absolute atomic E-state index is 0.0483. The van der Waals surface area contributed by atoms with Gasteiger partial charge >= 0.3 is 5.97 Å². The van der Waals surface area contributed by atoms with Gasteiger partial charge in [0.15, 0.2) is 0 Å². The van der Waals surface area contributed by atoms with E-state index in [1.165, 1.54) is 5.41 Å². The van der Waals surface area contributed by atoms with E-state index in [1.807, 2.05) is 36.4 Å². The Balaban J connectivity index is 1.87. The summed E-state index contributed by atoms with van der Waals surface area (Å²) in [6, 6.07) is 9.33. The molecular weight excluding hydrogens is 362 g/mol. The number of aliphatic carboxylic acids is 1. The smallest absolute Gasteiger partial charge is 0.303 e. The molecule has 0 radical (unpaired) electrons. The van der Waals surface area contributed by atoms with Crippen molar-refractivity contribution < 1.29 is 18.3 Å². The maximum atomic E-state index is 12.4. The third kappa shape index (κ3) is 8.54. The van der Waals surface area contributed by atoms with Gasteiger partial charge in [0.1, 0.15) is 0 Å². The lowest BCUT2D eigenvalue weighted by Gasteiger charge is -2.31. The van der Waals surface area contributed by atoms with Gasteiger partial charge in [-0.1, -0.05) is 55.3 Å². The summed E-state index contributed by atoms with van der Waals surface area (Å²) >= 11 is 0. The molecule has 2 rings (SSSR count). The fourth-order valence-electron chi connectivity index (χ4n) is 3.39. The van der Waals surface area contributed by atoms with Crippen LogP contribution in [-0.4, -0.2) is 25.5 Å². The minimum Gasteiger partial charge on any atom is -0.481 e. The van der Waals surface area contributed by atoms with Crippen molar-refractivity contribution in [1.82, 2.24) is 4.72 Å². The summed E-state index contributed by atoms with van der Waals surface area (Å²) in [5.41, 5.74) is 0.854. The molecule has 1 aromatic rings. The molecule has 5 nitrogen and oxygen atoms in total. The van der Waals surface area contributed by atoms with E-state index in [9.17, 15) is 13.2 Å². The molecular formula is C21H29NO4S. The molecule has 0 aromatic heterocycles. The number of carboxylic acids is 1. The molecule has 0 bridgehead atoms. The SMILES string of the molecule is O=C(O)CCC/C=C\C[C@H]1CCCC[C@@H]1NS(=O)(=O)/C=C/c1ccccc1. The zero-order valence-electron chi connectivity index (χ0n) is 15.6. The topological polar surface area (TPSA) is 83.5 Å². The van der Waals surface area contributed by atoms with Gasteiger partial charge in [0, 0.05) is 17.9 Å². The van der Waals surface area contributed by atoms with Crippen molar-refractivity contribution in [3.05, 3.63) is 53.5 Å². The molecule has 0 unspecified atom stereocenters. The number of rotatable bonds is 10. The van der Waals surface area contributed by atoms with Gasteiger partial charge in [0.05, 0.1) is 0 Å². The maximum absolute atomic E-state index is 12.4. The Morgan fingerprint density at radius 3 is 2.63 bits per heavy atom. The molecule has 148 valence electrons. The van der Waals surface area contributed by atoms with E-state index in [1.54, 1.807) is 6.08 Å². The quantitative estimate of drug-likeness (QED) is 0.459. The fourth-order valence-corrected chi connectivity index (χ4v) is 4.53. The molecule has 0 aliphatic heterocycles. The molecule has 0 saturated heterocycles. The van der Waals surface area contributed by atoms with E-state index in [0.29, 0.717) is 6.42 Å². The van der Waals surface area contributed by atoms with E-state index in [0.717, 1.165) is 44.1 Å². The van der Waals surface area contributed by atoms with Gasteiger partial charge in [-0.2, -0.15) is 0 Å². The van der Waals surface area contributed by atoms with Crippen molar-refractivity contribution in [3.8, 4) is 0 Å². The van der Waals surface area contributed by atoms with Crippen LogP contribution < -0.4 is 4.72 Å². The molecule has 1 aromatic carbocycles. The average molecular weight is 392 g/mol. The van der Waals surface area contributed by atoms with Gasteiger partial charge in [-0.3, -0.25) is 4.79 Å². The maximum Gasteiger partial charge on any atom is 0.303 e. The molecule has 1 saturated carbocycles. The molecule has 1 fully saturated rings. The summed E-state index contributed by atoms with van der Waals surface area (Å²) in [5, 5.41) is 9.88. The van der Waals surface area contributed by atoms with Crippen molar-refractivity contribution in [2.45, 2.75) is 57.4 Å². The lowest BCUT2D eigenvalue weighted by atomic mass is 9.83. The Morgan fingerprint density at radius 2 is 1.89 bits per heavy atom. The summed E-state index contributed by atoms with van der Waals surface area (Å²) in [6.45, 7) is 0. The van der Waals surface area contributed by atoms with Crippen LogP contribution in [0.5, 0.6) is 0 Å². The predicted molar refractivity (Wildman–Crippen MR) is 109 cm³/mol. The first kappa shape index (κ1) is 21.4. The number of benzene rings is 1. The normalized spacial score (nSPS) is 21.0. The lowest BCUT2D eigenvalue weighted by Crippen LogP contribution is -2.41. The molecule has 1 aliphatic carbocycles. The van der Waals surface area contributed by atoms with Crippen molar-refractivity contribution in [2.24, 2.45) is 5.92 Å². The van der Waals surface area contributed by atoms with Crippen molar-refractivity contribution >= 4 is 22.1 Å². The van der Waals surface area contributed by atoms with Crippen LogP contribution in [0, 0.1) is 5.92 Å². The third-order valence-corrected chi connectivity index (χ3v) is 5.96. The van der Waals surface area contributed by atoms with Crippen LogP contribution in [0.1, 0.15) is 56.9 Å². The number of sulfonamides is 1. The van der Waals surface area contributed by atoms with Crippen LogP contribution in [-0.2, 0) is 14.8 Å². The predicted octanol–water partition coefficient (Wildman–Crippen LogP) is 4.34. The molecule has 0 spiro atoms.